The van der Waals surface area contributed by atoms with Gasteiger partial charge >= 0.3 is 0 Å². The Morgan fingerprint density at radius 1 is 1.16 bits per heavy atom. The van der Waals surface area contributed by atoms with Gasteiger partial charge in [-0.05, 0) is 31.5 Å². The summed E-state index contributed by atoms with van der Waals surface area (Å²) in [7, 11) is 1.81. The van der Waals surface area contributed by atoms with Crippen molar-refractivity contribution in [2.24, 2.45) is 7.05 Å². The molecule has 1 N–H and O–H groups in total. The van der Waals surface area contributed by atoms with Crippen LogP contribution in [0.25, 0.3) is 0 Å². The lowest BCUT2D eigenvalue weighted by molar-refractivity contribution is 0.445. The Labute approximate surface area is 109 Å². The van der Waals surface area contributed by atoms with Crippen molar-refractivity contribution in [1.82, 2.24) is 9.78 Å². The standard InChI is InChI=1S/C13H14F3N3/c1-7-13(8(2)19(3)18-7)17-6-9-4-10(14)12(16)11(15)5-9/h4-5,17H,6H2,1-3H3. The molecular weight excluding hydrogens is 255 g/mol. The second-order valence-corrected chi connectivity index (χ2v) is 4.40. The summed E-state index contributed by atoms with van der Waals surface area (Å²) in [5.74, 6) is -3.81. The number of anilines is 1. The lowest BCUT2D eigenvalue weighted by Gasteiger charge is -2.08. The van der Waals surface area contributed by atoms with Gasteiger partial charge < -0.3 is 5.32 Å². The number of nitrogens with one attached hydrogen (secondary N) is 1. The number of hydrogen-bond acceptors (Lipinski definition) is 2. The Kier molecular flexibility index (Phi) is 3.50. The molecule has 1 heterocycles. The number of aryl methyl sites for hydroxylation is 2. The zero-order valence-electron chi connectivity index (χ0n) is 10.9. The normalized spacial score (nSPS) is 10.8. The average molecular weight is 269 g/mol. The molecule has 19 heavy (non-hydrogen) atoms. The van der Waals surface area contributed by atoms with Gasteiger partial charge in [0.15, 0.2) is 17.5 Å². The molecule has 2 rings (SSSR count). The first-order chi connectivity index (χ1) is 8.90. The maximum absolute atomic E-state index is 13.1. The molecule has 0 saturated carbocycles. The molecule has 0 fully saturated rings. The lowest BCUT2D eigenvalue weighted by atomic mass is 10.2. The molecule has 0 radical (unpaired) electrons. The van der Waals surface area contributed by atoms with Gasteiger partial charge in [0.25, 0.3) is 0 Å². The van der Waals surface area contributed by atoms with Gasteiger partial charge in [0.1, 0.15) is 0 Å². The summed E-state index contributed by atoms with van der Waals surface area (Å²) >= 11 is 0. The Bertz CT molecular complexity index is 597. The largest absolute Gasteiger partial charge is 0.378 e. The van der Waals surface area contributed by atoms with Crippen LogP contribution in [-0.4, -0.2) is 9.78 Å². The van der Waals surface area contributed by atoms with E-state index < -0.39 is 17.5 Å². The van der Waals surface area contributed by atoms with Gasteiger partial charge in [0.2, 0.25) is 0 Å². The average Bonchev–Trinajstić information content (AvgIpc) is 2.58. The fourth-order valence-corrected chi connectivity index (χ4v) is 1.93. The maximum Gasteiger partial charge on any atom is 0.194 e. The van der Waals surface area contributed by atoms with Crippen LogP contribution >= 0.6 is 0 Å². The van der Waals surface area contributed by atoms with Gasteiger partial charge in [-0.15, -0.1) is 0 Å². The van der Waals surface area contributed by atoms with E-state index in [9.17, 15) is 13.2 Å². The third-order valence-corrected chi connectivity index (χ3v) is 3.02. The Morgan fingerprint density at radius 3 is 2.21 bits per heavy atom. The highest BCUT2D eigenvalue weighted by atomic mass is 19.2. The minimum absolute atomic E-state index is 0.196. The van der Waals surface area contributed by atoms with Gasteiger partial charge in [0.05, 0.1) is 17.1 Å². The van der Waals surface area contributed by atoms with E-state index in [0.29, 0.717) is 5.56 Å². The van der Waals surface area contributed by atoms with E-state index in [1.165, 1.54) is 0 Å². The van der Waals surface area contributed by atoms with Gasteiger partial charge in [0, 0.05) is 13.6 Å². The van der Waals surface area contributed by atoms with Gasteiger partial charge in [-0.25, -0.2) is 13.2 Å². The van der Waals surface area contributed by atoms with Crippen molar-refractivity contribution >= 4 is 5.69 Å². The number of halogens is 3. The molecule has 102 valence electrons. The molecule has 0 amide bonds. The van der Waals surface area contributed by atoms with Crippen molar-refractivity contribution in [3.8, 4) is 0 Å². The van der Waals surface area contributed by atoms with Crippen LogP contribution < -0.4 is 5.32 Å². The molecule has 0 saturated heterocycles. The van der Waals surface area contributed by atoms with E-state index in [2.05, 4.69) is 10.4 Å². The Morgan fingerprint density at radius 2 is 1.74 bits per heavy atom. The van der Waals surface area contributed by atoms with Crippen molar-refractivity contribution in [3.05, 3.63) is 46.5 Å². The summed E-state index contributed by atoms with van der Waals surface area (Å²) in [5, 5.41) is 7.27. The van der Waals surface area contributed by atoms with Crippen molar-refractivity contribution in [2.75, 3.05) is 5.32 Å². The molecule has 0 aliphatic carbocycles. The number of aromatic nitrogens is 2. The van der Waals surface area contributed by atoms with Crippen LogP contribution in [0.15, 0.2) is 12.1 Å². The van der Waals surface area contributed by atoms with Crippen molar-refractivity contribution in [1.29, 1.82) is 0 Å². The number of hydrogen-bond donors (Lipinski definition) is 1. The second-order valence-electron chi connectivity index (χ2n) is 4.40. The van der Waals surface area contributed by atoms with Crippen LogP contribution in [-0.2, 0) is 13.6 Å². The van der Waals surface area contributed by atoms with Gasteiger partial charge in [-0.2, -0.15) is 5.10 Å². The van der Waals surface area contributed by atoms with Crippen LogP contribution in [0.3, 0.4) is 0 Å². The second kappa shape index (κ2) is 4.95. The first-order valence-corrected chi connectivity index (χ1v) is 5.77. The first kappa shape index (κ1) is 13.5. The summed E-state index contributed by atoms with van der Waals surface area (Å²) in [5.41, 5.74) is 2.86. The summed E-state index contributed by atoms with van der Waals surface area (Å²) in [6.45, 7) is 3.91. The SMILES string of the molecule is Cc1nn(C)c(C)c1NCc1cc(F)c(F)c(F)c1. The molecule has 2 aromatic rings. The number of nitrogens with zero attached hydrogens (tertiary/aromatic N) is 2. The molecule has 0 aliphatic rings. The predicted molar refractivity (Wildman–Crippen MR) is 66.3 cm³/mol. The van der Waals surface area contributed by atoms with E-state index in [-0.39, 0.29) is 6.54 Å². The van der Waals surface area contributed by atoms with Gasteiger partial charge in [-0.1, -0.05) is 0 Å². The van der Waals surface area contributed by atoms with Crippen LogP contribution in [0, 0.1) is 31.3 Å². The monoisotopic (exact) mass is 269 g/mol. The zero-order chi connectivity index (χ0) is 14.2. The minimum Gasteiger partial charge on any atom is -0.378 e. The third kappa shape index (κ3) is 2.57. The molecule has 1 aromatic carbocycles. The molecule has 3 nitrogen and oxygen atoms in total. The van der Waals surface area contributed by atoms with Crippen molar-refractivity contribution < 1.29 is 13.2 Å². The first-order valence-electron chi connectivity index (χ1n) is 5.77. The number of rotatable bonds is 3. The highest BCUT2D eigenvalue weighted by Crippen LogP contribution is 2.20. The van der Waals surface area contributed by atoms with Crippen LogP contribution in [0.1, 0.15) is 17.0 Å². The smallest absolute Gasteiger partial charge is 0.194 e. The zero-order valence-corrected chi connectivity index (χ0v) is 10.9. The van der Waals surface area contributed by atoms with E-state index in [4.69, 9.17) is 0 Å². The highest BCUT2D eigenvalue weighted by Gasteiger charge is 2.12. The van der Waals surface area contributed by atoms with Crippen molar-refractivity contribution in [2.45, 2.75) is 20.4 Å². The summed E-state index contributed by atoms with van der Waals surface area (Å²) in [4.78, 5) is 0. The molecule has 0 atom stereocenters. The minimum atomic E-state index is -1.45. The number of benzene rings is 1. The van der Waals surface area contributed by atoms with Crippen LogP contribution in [0.2, 0.25) is 0 Å². The molecular formula is C13H14F3N3. The highest BCUT2D eigenvalue weighted by molar-refractivity contribution is 5.52. The van der Waals surface area contributed by atoms with Crippen LogP contribution in [0.5, 0.6) is 0 Å². The van der Waals surface area contributed by atoms with Crippen molar-refractivity contribution in [3.63, 3.8) is 0 Å². The lowest BCUT2D eigenvalue weighted by Crippen LogP contribution is -2.04. The van der Waals surface area contributed by atoms with Gasteiger partial charge in [-0.3, -0.25) is 4.68 Å². The fourth-order valence-electron chi connectivity index (χ4n) is 1.93. The molecule has 0 aliphatic heterocycles. The maximum atomic E-state index is 13.1. The summed E-state index contributed by atoms with van der Waals surface area (Å²) in [6.07, 6.45) is 0. The quantitative estimate of drug-likeness (QED) is 0.868. The van der Waals surface area contributed by atoms with E-state index in [0.717, 1.165) is 29.2 Å². The molecule has 0 spiro atoms. The fraction of sp³-hybridized carbons (Fsp3) is 0.308. The van der Waals surface area contributed by atoms with E-state index in [1.807, 2.05) is 20.9 Å². The Hall–Kier alpha value is -1.98. The third-order valence-electron chi connectivity index (χ3n) is 3.02. The van der Waals surface area contributed by atoms with Crippen LogP contribution in [0.4, 0.5) is 18.9 Å². The van der Waals surface area contributed by atoms with E-state index >= 15 is 0 Å². The summed E-state index contributed by atoms with van der Waals surface area (Å²) in [6, 6.07) is 1.96. The molecule has 0 bridgehead atoms. The summed E-state index contributed by atoms with van der Waals surface area (Å²) < 4.78 is 40.7. The topological polar surface area (TPSA) is 29.9 Å². The molecule has 0 unspecified atom stereocenters. The molecule has 6 heteroatoms. The Balaban J connectivity index is 2.19. The predicted octanol–water partition coefficient (Wildman–Crippen LogP) is 3.07. The molecule has 1 aromatic heterocycles. The van der Waals surface area contributed by atoms with E-state index in [1.54, 1.807) is 4.68 Å².